The van der Waals surface area contributed by atoms with Gasteiger partial charge in [-0.25, -0.2) is 0 Å². The van der Waals surface area contributed by atoms with E-state index in [2.05, 4.69) is 20.8 Å². The zero-order valence-corrected chi connectivity index (χ0v) is 17.3. The monoisotopic (exact) mass is 374 g/mol. The number of allylic oxidation sites excluding steroid dienone is 1. The van der Waals surface area contributed by atoms with Crippen molar-refractivity contribution in [3.8, 4) is 0 Å². The first-order valence-corrected chi connectivity index (χ1v) is 10.7. The number of aliphatic hydroxyl groups excluding tert-OH is 1. The summed E-state index contributed by atoms with van der Waals surface area (Å²) >= 11 is 0. The number of Topliss-reactive ketones (excluding diaryl/α,β-unsaturated/α-hetero) is 1. The third-order valence-corrected chi connectivity index (χ3v) is 8.92. The third-order valence-electron chi connectivity index (χ3n) is 8.92. The van der Waals surface area contributed by atoms with Gasteiger partial charge < -0.3 is 9.84 Å². The molecule has 0 radical (unpaired) electrons. The van der Waals surface area contributed by atoms with Crippen LogP contribution in [0.1, 0.15) is 79.1 Å². The van der Waals surface area contributed by atoms with Gasteiger partial charge in [-0.3, -0.25) is 9.59 Å². The highest BCUT2D eigenvalue weighted by molar-refractivity contribution is 5.85. The summed E-state index contributed by atoms with van der Waals surface area (Å²) in [5.41, 5.74) is 2.51. The van der Waals surface area contributed by atoms with Gasteiger partial charge in [0.25, 0.3) is 0 Å². The van der Waals surface area contributed by atoms with Crippen molar-refractivity contribution in [2.24, 2.45) is 28.1 Å². The first-order chi connectivity index (χ1) is 12.7. The number of hydrogen-bond acceptors (Lipinski definition) is 4. The average Bonchev–Trinajstić information content (AvgIpc) is 2.94. The van der Waals surface area contributed by atoms with E-state index in [1.165, 1.54) is 18.1 Å². The molecule has 4 aliphatic rings. The summed E-state index contributed by atoms with van der Waals surface area (Å²) in [6, 6.07) is 0. The molecule has 2 unspecified atom stereocenters. The Labute approximate surface area is 162 Å². The topological polar surface area (TPSA) is 63.6 Å². The first-order valence-electron chi connectivity index (χ1n) is 10.7. The molecule has 27 heavy (non-hydrogen) atoms. The van der Waals surface area contributed by atoms with E-state index in [9.17, 15) is 14.7 Å². The lowest BCUT2D eigenvalue weighted by Gasteiger charge is -2.60. The van der Waals surface area contributed by atoms with Crippen molar-refractivity contribution in [1.82, 2.24) is 0 Å². The van der Waals surface area contributed by atoms with Crippen molar-refractivity contribution in [3.05, 3.63) is 11.1 Å². The Bertz CT molecular complexity index is 705. The highest BCUT2D eigenvalue weighted by Crippen LogP contribution is 2.66. The van der Waals surface area contributed by atoms with Crippen LogP contribution in [0.3, 0.4) is 0 Å². The van der Waals surface area contributed by atoms with Gasteiger partial charge >= 0.3 is 5.97 Å². The number of carbonyl (C=O) groups is 2. The van der Waals surface area contributed by atoms with Gasteiger partial charge in [0.05, 0.1) is 0 Å². The summed E-state index contributed by atoms with van der Waals surface area (Å²) in [5, 5.41) is 10.6. The van der Waals surface area contributed by atoms with Gasteiger partial charge in [0.2, 0.25) is 0 Å². The van der Waals surface area contributed by atoms with Gasteiger partial charge in [-0.15, -0.1) is 0 Å². The van der Waals surface area contributed by atoms with Crippen molar-refractivity contribution in [2.45, 2.75) is 85.2 Å². The number of fused-ring (bicyclic) bond motifs is 4. The molecule has 4 aliphatic carbocycles. The summed E-state index contributed by atoms with van der Waals surface area (Å²) in [6.45, 7) is 8.16. The van der Waals surface area contributed by atoms with Crippen molar-refractivity contribution < 1.29 is 19.4 Å². The molecule has 4 rings (SSSR count). The van der Waals surface area contributed by atoms with Gasteiger partial charge in [0, 0.05) is 36.2 Å². The summed E-state index contributed by atoms with van der Waals surface area (Å²) in [5.74, 6) is 0.829. The zero-order valence-electron chi connectivity index (χ0n) is 17.3. The van der Waals surface area contributed by atoms with E-state index in [1.54, 1.807) is 0 Å². The number of hydrogen-bond donors (Lipinski definition) is 1. The SMILES string of the molecule is CC(=O)OC1CCC2=C3CCC4C(C)(C)C(=O)CC[C@]4(CO)[C@H]3CC[C@@]21C. The lowest BCUT2D eigenvalue weighted by Crippen LogP contribution is -2.57. The van der Waals surface area contributed by atoms with Crippen LogP contribution >= 0.6 is 0 Å². The van der Waals surface area contributed by atoms with Crippen LogP contribution in [0.2, 0.25) is 0 Å². The Kier molecular flexibility index (Phi) is 4.38. The van der Waals surface area contributed by atoms with Crippen LogP contribution in [-0.4, -0.2) is 29.6 Å². The molecule has 0 bridgehead atoms. The second kappa shape index (κ2) is 6.17. The van der Waals surface area contributed by atoms with Crippen LogP contribution in [0.4, 0.5) is 0 Å². The minimum absolute atomic E-state index is 0.00868. The Morgan fingerprint density at radius 3 is 2.52 bits per heavy atom. The van der Waals surface area contributed by atoms with E-state index in [-0.39, 0.29) is 40.8 Å². The van der Waals surface area contributed by atoms with Gasteiger partial charge in [-0.2, -0.15) is 0 Å². The van der Waals surface area contributed by atoms with E-state index in [4.69, 9.17) is 4.74 Å². The number of esters is 1. The highest BCUT2D eigenvalue weighted by Gasteiger charge is 2.61. The van der Waals surface area contributed by atoms with Crippen molar-refractivity contribution >= 4 is 11.8 Å². The molecule has 0 aliphatic heterocycles. The Hall–Kier alpha value is -1.16. The molecule has 0 aromatic heterocycles. The molecule has 3 saturated carbocycles. The largest absolute Gasteiger partial charge is 0.462 e. The fourth-order valence-corrected chi connectivity index (χ4v) is 7.51. The average molecular weight is 375 g/mol. The number of ether oxygens (including phenoxy) is 1. The van der Waals surface area contributed by atoms with Gasteiger partial charge in [-0.1, -0.05) is 31.9 Å². The van der Waals surface area contributed by atoms with E-state index in [1.807, 2.05) is 0 Å². The predicted octanol–water partition coefficient (Wildman–Crippen LogP) is 4.20. The van der Waals surface area contributed by atoms with Gasteiger partial charge in [0.1, 0.15) is 11.9 Å². The minimum Gasteiger partial charge on any atom is -0.462 e. The van der Waals surface area contributed by atoms with Crippen LogP contribution in [0.5, 0.6) is 0 Å². The van der Waals surface area contributed by atoms with E-state index >= 15 is 0 Å². The quantitative estimate of drug-likeness (QED) is 0.581. The molecule has 0 amide bonds. The molecule has 4 heteroatoms. The molecule has 0 spiro atoms. The second-order valence-electron chi connectivity index (χ2n) is 10.3. The van der Waals surface area contributed by atoms with Crippen LogP contribution in [0.25, 0.3) is 0 Å². The maximum Gasteiger partial charge on any atom is 0.302 e. The molecular formula is C23H34O4. The number of ketones is 1. The van der Waals surface area contributed by atoms with Crippen LogP contribution in [0.15, 0.2) is 11.1 Å². The molecule has 0 aromatic carbocycles. The maximum absolute atomic E-state index is 12.6. The predicted molar refractivity (Wildman–Crippen MR) is 103 cm³/mol. The van der Waals surface area contributed by atoms with Crippen LogP contribution in [0, 0.1) is 28.1 Å². The molecule has 5 atom stereocenters. The molecule has 4 nitrogen and oxygen atoms in total. The fourth-order valence-electron chi connectivity index (χ4n) is 7.51. The van der Waals surface area contributed by atoms with Crippen molar-refractivity contribution in [1.29, 1.82) is 0 Å². The molecule has 150 valence electrons. The normalized spacial score (nSPS) is 43.0. The lowest BCUT2D eigenvalue weighted by molar-refractivity contribution is -0.154. The first kappa shape index (κ1) is 19.2. The Balaban J connectivity index is 1.75. The minimum atomic E-state index is -0.339. The molecule has 0 aromatic rings. The van der Waals surface area contributed by atoms with E-state index in [0.29, 0.717) is 18.1 Å². The Morgan fingerprint density at radius 2 is 1.85 bits per heavy atom. The van der Waals surface area contributed by atoms with Crippen LogP contribution in [-0.2, 0) is 14.3 Å². The van der Waals surface area contributed by atoms with Crippen LogP contribution < -0.4 is 0 Å². The third kappa shape index (κ3) is 2.51. The molecule has 0 heterocycles. The Morgan fingerprint density at radius 1 is 1.11 bits per heavy atom. The van der Waals surface area contributed by atoms with Gasteiger partial charge in [-0.05, 0) is 56.8 Å². The number of aliphatic hydroxyl groups is 1. The highest BCUT2D eigenvalue weighted by atomic mass is 16.5. The zero-order chi connectivity index (χ0) is 19.6. The van der Waals surface area contributed by atoms with Crippen molar-refractivity contribution in [2.75, 3.05) is 6.61 Å². The summed E-state index contributed by atoms with van der Waals surface area (Å²) in [6.07, 6.45) is 7.40. The smallest absolute Gasteiger partial charge is 0.302 e. The van der Waals surface area contributed by atoms with E-state index < -0.39 is 0 Å². The molecular weight excluding hydrogens is 340 g/mol. The lowest BCUT2D eigenvalue weighted by atomic mass is 9.44. The molecule has 1 N–H and O–H groups in total. The number of carbonyl (C=O) groups excluding carboxylic acids is 2. The summed E-state index contributed by atoms with van der Waals surface area (Å²) in [7, 11) is 0. The second-order valence-corrected chi connectivity index (χ2v) is 10.3. The maximum atomic E-state index is 12.6. The summed E-state index contributed by atoms with van der Waals surface area (Å²) in [4.78, 5) is 24.2. The molecule has 3 fully saturated rings. The molecule has 0 saturated heterocycles. The number of rotatable bonds is 2. The fraction of sp³-hybridized carbons (Fsp3) is 0.826. The summed E-state index contributed by atoms with van der Waals surface area (Å²) < 4.78 is 5.70. The van der Waals surface area contributed by atoms with E-state index in [0.717, 1.165) is 44.9 Å². The van der Waals surface area contributed by atoms with Gasteiger partial charge in [0.15, 0.2) is 0 Å². The standard InChI is InChI=1S/C23H34O4/c1-14(25)27-20-8-6-16-15-5-7-18-21(2,3)19(26)10-12-23(18,13-24)17(15)9-11-22(16,20)4/h17-18,20,24H,5-13H2,1-4H3/t17-,18?,20?,22-,23-/m0/s1. The van der Waals surface area contributed by atoms with Crippen molar-refractivity contribution in [3.63, 3.8) is 0 Å².